The largest absolute Gasteiger partial charge is 0.465 e. The van der Waals surface area contributed by atoms with Crippen molar-refractivity contribution in [2.45, 2.75) is 45.1 Å². The molecule has 1 fully saturated rings. The molecule has 4 rings (SSSR count). The van der Waals surface area contributed by atoms with Crippen LogP contribution in [0.5, 0.6) is 0 Å². The summed E-state index contributed by atoms with van der Waals surface area (Å²) in [6.07, 6.45) is 8.06. The van der Waals surface area contributed by atoms with Crippen LogP contribution < -0.4 is 10.6 Å². The van der Waals surface area contributed by atoms with Crippen LogP contribution in [0, 0.1) is 5.92 Å². The first-order valence-electron chi connectivity index (χ1n) is 10.6. The number of hydrogen-bond donors (Lipinski definition) is 3. The molecule has 0 saturated heterocycles. The fourth-order valence-electron chi connectivity index (χ4n) is 4.50. The van der Waals surface area contributed by atoms with Gasteiger partial charge in [-0.1, -0.05) is 13.5 Å². The van der Waals surface area contributed by atoms with Crippen molar-refractivity contribution >= 4 is 28.9 Å². The van der Waals surface area contributed by atoms with Crippen LogP contribution in [-0.4, -0.2) is 42.7 Å². The fraction of sp³-hybridized carbons (Fsp3) is 0.348. The van der Waals surface area contributed by atoms with Gasteiger partial charge in [-0.25, -0.2) is 14.3 Å². The number of fused-ring (bicyclic) bond motifs is 1. The van der Waals surface area contributed by atoms with Crippen LogP contribution in [0.15, 0.2) is 43.5 Å². The Morgan fingerprint density at radius 3 is 2.78 bits per heavy atom. The quantitative estimate of drug-likeness (QED) is 0.559. The Bertz CT molecular complexity index is 1190. The second kappa shape index (κ2) is 8.78. The zero-order chi connectivity index (χ0) is 22.8. The molecule has 0 spiro atoms. The highest BCUT2D eigenvalue weighted by Gasteiger charge is 2.30. The lowest BCUT2D eigenvalue weighted by molar-refractivity contribution is 0.102. The van der Waals surface area contributed by atoms with E-state index in [2.05, 4.69) is 39.2 Å². The number of pyridine rings is 1. The molecule has 0 bridgehead atoms. The Labute approximate surface area is 185 Å². The van der Waals surface area contributed by atoms with E-state index in [1.54, 1.807) is 35.4 Å². The molecule has 1 aliphatic carbocycles. The van der Waals surface area contributed by atoms with Gasteiger partial charge in [0, 0.05) is 24.0 Å². The Morgan fingerprint density at radius 1 is 1.22 bits per heavy atom. The van der Waals surface area contributed by atoms with Gasteiger partial charge in [0.05, 0.1) is 18.1 Å². The number of carbonyl (C=O) groups is 2. The van der Waals surface area contributed by atoms with E-state index < -0.39 is 6.09 Å². The summed E-state index contributed by atoms with van der Waals surface area (Å²) >= 11 is 0. The maximum absolute atomic E-state index is 13.0. The van der Waals surface area contributed by atoms with Crippen LogP contribution in [-0.2, 0) is 0 Å². The van der Waals surface area contributed by atoms with E-state index in [4.69, 9.17) is 5.11 Å². The summed E-state index contributed by atoms with van der Waals surface area (Å²) in [5, 5.41) is 18.9. The molecule has 166 valence electrons. The van der Waals surface area contributed by atoms with Crippen molar-refractivity contribution in [3.8, 4) is 0 Å². The molecule has 3 heterocycles. The number of carbonyl (C=O) groups excluding carboxylic acids is 1. The Balaban J connectivity index is 1.58. The lowest BCUT2D eigenvalue weighted by Gasteiger charge is -2.34. The van der Waals surface area contributed by atoms with Crippen LogP contribution in [0.3, 0.4) is 0 Å². The number of aromatic nitrogens is 4. The molecular weight excluding hydrogens is 408 g/mol. The van der Waals surface area contributed by atoms with Gasteiger partial charge < -0.3 is 15.7 Å². The van der Waals surface area contributed by atoms with E-state index in [9.17, 15) is 9.59 Å². The van der Waals surface area contributed by atoms with Crippen LogP contribution in [0.2, 0.25) is 0 Å². The first-order valence-corrected chi connectivity index (χ1v) is 10.6. The van der Waals surface area contributed by atoms with Gasteiger partial charge in [0.25, 0.3) is 5.91 Å². The Hall–Kier alpha value is -3.75. The molecule has 9 heteroatoms. The average Bonchev–Trinajstić information content (AvgIpc) is 3.16. The Morgan fingerprint density at radius 2 is 2.03 bits per heavy atom. The van der Waals surface area contributed by atoms with Crippen LogP contribution in [0.25, 0.3) is 11.2 Å². The molecule has 3 N–H and O–H groups in total. The van der Waals surface area contributed by atoms with Crippen molar-refractivity contribution in [2.24, 2.45) is 5.92 Å². The van der Waals surface area contributed by atoms with Crippen molar-refractivity contribution < 1.29 is 14.7 Å². The summed E-state index contributed by atoms with van der Waals surface area (Å²) in [6, 6.07) is 3.39. The number of amides is 2. The maximum Gasteiger partial charge on any atom is 0.404 e. The molecule has 3 aromatic heterocycles. The SMILES string of the molecule is C=C(C)c1cnn2ccc(C(=O)Nc3cnccc3[C@H]3C[C@@H](C)C[C@H](NC(=O)O)C3)nc12. The number of anilines is 1. The first-order chi connectivity index (χ1) is 15.3. The molecule has 3 aromatic rings. The van der Waals surface area contributed by atoms with Gasteiger partial charge >= 0.3 is 6.09 Å². The van der Waals surface area contributed by atoms with E-state index in [1.807, 2.05) is 13.0 Å². The average molecular weight is 435 g/mol. The molecule has 3 atom stereocenters. The van der Waals surface area contributed by atoms with Crippen molar-refractivity contribution in [3.63, 3.8) is 0 Å². The number of hydrogen-bond acceptors (Lipinski definition) is 5. The van der Waals surface area contributed by atoms with Crippen LogP contribution >= 0.6 is 0 Å². The molecular formula is C23H26N6O3. The van der Waals surface area contributed by atoms with Crippen molar-refractivity contribution in [1.82, 2.24) is 24.9 Å². The number of carboxylic acid groups (broad SMARTS) is 1. The van der Waals surface area contributed by atoms with E-state index in [0.29, 0.717) is 23.7 Å². The molecule has 1 aliphatic rings. The number of allylic oxidation sites excluding steroid dienone is 1. The number of nitrogens with zero attached hydrogens (tertiary/aromatic N) is 4. The van der Waals surface area contributed by atoms with Gasteiger partial charge in [-0.2, -0.15) is 5.10 Å². The normalized spacial score (nSPS) is 20.6. The molecule has 0 aromatic carbocycles. The monoisotopic (exact) mass is 434 g/mol. The van der Waals surface area contributed by atoms with E-state index >= 15 is 0 Å². The highest BCUT2D eigenvalue weighted by molar-refractivity contribution is 6.03. The Kier molecular flexibility index (Phi) is 5.89. The van der Waals surface area contributed by atoms with Gasteiger partial charge in [-0.3, -0.25) is 9.78 Å². The third kappa shape index (κ3) is 4.46. The van der Waals surface area contributed by atoms with Gasteiger partial charge in [-0.05, 0) is 61.3 Å². The third-order valence-corrected chi connectivity index (χ3v) is 5.87. The molecule has 2 amide bonds. The van der Waals surface area contributed by atoms with Crippen molar-refractivity contribution in [3.05, 3.63) is 60.3 Å². The zero-order valence-electron chi connectivity index (χ0n) is 18.1. The van der Waals surface area contributed by atoms with Gasteiger partial charge in [0.1, 0.15) is 5.69 Å². The smallest absolute Gasteiger partial charge is 0.404 e. The molecule has 1 saturated carbocycles. The minimum Gasteiger partial charge on any atom is -0.465 e. The minimum absolute atomic E-state index is 0.106. The minimum atomic E-state index is -1.01. The predicted octanol–water partition coefficient (Wildman–Crippen LogP) is 3.95. The van der Waals surface area contributed by atoms with Gasteiger partial charge in [-0.15, -0.1) is 0 Å². The molecule has 0 radical (unpaired) electrons. The summed E-state index contributed by atoms with van der Waals surface area (Å²) in [7, 11) is 0. The molecule has 0 unspecified atom stereocenters. The highest BCUT2D eigenvalue weighted by Crippen LogP contribution is 2.39. The maximum atomic E-state index is 13.0. The summed E-state index contributed by atoms with van der Waals surface area (Å²) in [5.41, 5.74) is 3.99. The second-order valence-corrected chi connectivity index (χ2v) is 8.49. The van der Waals surface area contributed by atoms with Gasteiger partial charge in [0.15, 0.2) is 5.65 Å². The van der Waals surface area contributed by atoms with E-state index in [-0.39, 0.29) is 23.6 Å². The van der Waals surface area contributed by atoms with Crippen molar-refractivity contribution in [1.29, 1.82) is 0 Å². The van der Waals surface area contributed by atoms with E-state index in [1.165, 1.54) is 0 Å². The summed E-state index contributed by atoms with van der Waals surface area (Å²) in [4.78, 5) is 32.8. The molecule has 32 heavy (non-hydrogen) atoms. The second-order valence-electron chi connectivity index (χ2n) is 8.49. The molecule has 0 aliphatic heterocycles. The molecule has 9 nitrogen and oxygen atoms in total. The topological polar surface area (TPSA) is 122 Å². The summed E-state index contributed by atoms with van der Waals surface area (Å²) in [6.45, 7) is 7.92. The third-order valence-electron chi connectivity index (χ3n) is 5.87. The van der Waals surface area contributed by atoms with Crippen LogP contribution in [0.1, 0.15) is 60.6 Å². The predicted molar refractivity (Wildman–Crippen MR) is 121 cm³/mol. The van der Waals surface area contributed by atoms with Crippen LogP contribution in [0.4, 0.5) is 10.5 Å². The summed E-state index contributed by atoms with van der Waals surface area (Å²) < 4.78 is 1.61. The summed E-state index contributed by atoms with van der Waals surface area (Å²) in [5.74, 6) is 0.114. The number of nitrogens with one attached hydrogen (secondary N) is 2. The number of rotatable bonds is 5. The standard InChI is InChI=1S/C23H26N6O3/c1-13(2)18-11-25-29-7-5-19(27-21(18)29)22(30)28-20-12-24-6-4-17(20)15-8-14(3)9-16(10-15)26-23(31)32/h4-7,11-12,14-16,26H,1,8-10H2,2-3H3,(H,28,30)(H,31,32)/t14-,15+,16+/m1/s1. The lowest BCUT2D eigenvalue weighted by Crippen LogP contribution is -2.39. The van der Waals surface area contributed by atoms with Gasteiger partial charge in [0.2, 0.25) is 0 Å². The van der Waals surface area contributed by atoms with Crippen molar-refractivity contribution in [2.75, 3.05) is 5.32 Å². The lowest BCUT2D eigenvalue weighted by atomic mass is 9.76. The fourth-order valence-corrected chi connectivity index (χ4v) is 4.50. The highest BCUT2D eigenvalue weighted by atomic mass is 16.4. The zero-order valence-corrected chi connectivity index (χ0v) is 18.1. The van der Waals surface area contributed by atoms with E-state index in [0.717, 1.165) is 29.5 Å². The first kappa shape index (κ1) is 21.5.